The summed E-state index contributed by atoms with van der Waals surface area (Å²) in [5.74, 6) is 1.12. The van der Waals surface area contributed by atoms with Crippen LogP contribution >= 0.6 is 0 Å². The van der Waals surface area contributed by atoms with E-state index in [0.29, 0.717) is 35.8 Å². The predicted molar refractivity (Wildman–Crippen MR) is 75.8 cm³/mol. The Kier molecular flexibility index (Phi) is 4.53. The third kappa shape index (κ3) is 2.72. The number of benzene rings is 1. The summed E-state index contributed by atoms with van der Waals surface area (Å²) in [6.07, 6.45) is 1.54. The Morgan fingerprint density at radius 3 is 2.38 bits per heavy atom. The highest BCUT2D eigenvalue weighted by Gasteiger charge is 2.31. The van der Waals surface area contributed by atoms with Gasteiger partial charge in [0.15, 0.2) is 11.5 Å². The van der Waals surface area contributed by atoms with Gasteiger partial charge in [-0.3, -0.25) is 4.79 Å². The molecule has 1 unspecified atom stereocenters. The number of rotatable bonds is 4. The lowest BCUT2D eigenvalue weighted by Crippen LogP contribution is -2.34. The SMILES string of the molecule is COc1cc(OC)c(C(=O)N2CCCC2C#N)cc1OC. The van der Waals surface area contributed by atoms with Crippen molar-refractivity contribution in [2.45, 2.75) is 18.9 Å². The van der Waals surface area contributed by atoms with Gasteiger partial charge < -0.3 is 19.1 Å². The molecule has 21 heavy (non-hydrogen) atoms. The van der Waals surface area contributed by atoms with Gasteiger partial charge in [-0.1, -0.05) is 0 Å². The second-order valence-corrected chi connectivity index (χ2v) is 4.69. The molecule has 0 aliphatic carbocycles. The molecule has 1 atom stereocenters. The molecular weight excluding hydrogens is 272 g/mol. The van der Waals surface area contributed by atoms with Crippen molar-refractivity contribution in [3.05, 3.63) is 17.7 Å². The molecule has 1 aliphatic rings. The monoisotopic (exact) mass is 290 g/mol. The minimum atomic E-state index is -0.379. The Labute approximate surface area is 123 Å². The lowest BCUT2D eigenvalue weighted by molar-refractivity contribution is 0.0761. The van der Waals surface area contributed by atoms with Gasteiger partial charge in [0.25, 0.3) is 5.91 Å². The maximum Gasteiger partial charge on any atom is 0.258 e. The van der Waals surface area contributed by atoms with E-state index in [-0.39, 0.29) is 11.9 Å². The van der Waals surface area contributed by atoms with Gasteiger partial charge in [-0.2, -0.15) is 5.26 Å². The molecule has 1 amide bonds. The van der Waals surface area contributed by atoms with Crippen LogP contribution in [0.1, 0.15) is 23.2 Å². The third-order valence-corrected chi connectivity index (χ3v) is 3.60. The zero-order chi connectivity index (χ0) is 15.4. The van der Waals surface area contributed by atoms with Crippen molar-refractivity contribution < 1.29 is 19.0 Å². The molecule has 1 saturated heterocycles. The first-order valence-corrected chi connectivity index (χ1v) is 6.66. The molecule has 112 valence electrons. The average Bonchev–Trinajstić information content (AvgIpc) is 3.01. The number of amides is 1. The standard InChI is InChI=1S/C15H18N2O4/c1-19-12-8-14(21-3)13(20-2)7-11(12)15(18)17-6-4-5-10(17)9-16/h7-8,10H,4-6H2,1-3H3. The van der Waals surface area contributed by atoms with Crippen LogP contribution in [0, 0.1) is 11.3 Å². The summed E-state index contributed by atoms with van der Waals surface area (Å²) in [6, 6.07) is 4.99. The summed E-state index contributed by atoms with van der Waals surface area (Å²) in [5.41, 5.74) is 0.373. The maximum absolute atomic E-state index is 12.7. The molecule has 0 bridgehead atoms. The summed E-state index contributed by atoms with van der Waals surface area (Å²) < 4.78 is 15.7. The Bertz CT molecular complexity index is 580. The van der Waals surface area contributed by atoms with E-state index in [2.05, 4.69) is 6.07 Å². The molecule has 1 aromatic rings. The number of ether oxygens (including phenoxy) is 3. The average molecular weight is 290 g/mol. The van der Waals surface area contributed by atoms with Crippen LogP contribution in [0.5, 0.6) is 17.2 Å². The smallest absolute Gasteiger partial charge is 0.258 e. The van der Waals surface area contributed by atoms with Crippen LogP contribution in [0.2, 0.25) is 0 Å². The summed E-state index contributed by atoms with van der Waals surface area (Å²) >= 11 is 0. The van der Waals surface area contributed by atoms with Crippen molar-refractivity contribution >= 4 is 5.91 Å². The molecule has 1 fully saturated rings. The van der Waals surface area contributed by atoms with Gasteiger partial charge >= 0.3 is 0 Å². The zero-order valence-corrected chi connectivity index (χ0v) is 12.4. The number of hydrogen-bond donors (Lipinski definition) is 0. The Morgan fingerprint density at radius 1 is 1.19 bits per heavy atom. The van der Waals surface area contributed by atoms with Crippen molar-refractivity contribution in [3.63, 3.8) is 0 Å². The molecule has 1 aromatic carbocycles. The number of nitriles is 1. The molecule has 1 heterocycles. The van der Waals surface area contributed by atoms with E-state index in [9.17, 15) is 4.79 Å². The number of hydrogen-bond acceptors (Lipinski definition) is 5. The quantitative estimate of drug-likeness (QED) is 0.846. The van der Waals surface area contributed by atoms with Crippen molar-refractivity contribution in [1.29, 1.82) is 5.26 Å². The fourth-order valence-electron chi connectivity index (χ4n) is 2.50. The summed E-state index contributed by atoms with van der Waals surface area (Å²) in [6.45, 7) is 0.578. The first-order chi connectivity index (χ1) is 10.2. The van der Waals surface area contributed by atoms with Gasteiger partial charge in [0.1, 0.15) is 11.8 Å². The van der Waals surface area contributed by atoms with Crippen LogP contribution in [0.25, 0.3) is 0 Å². The lowest BCUT2D eigenvalue weighted by atomic mass is 10.1. The Balaban J connectivity index is 2.42. The summed E-state index contributed by atoms with van der Waals surface area (Å²) in [4.78, 5) is 14.2. The van der Waals surface area contributed by atoms with Crippen molar-refractivity contribution in [1.82, 2.24) is 4.90 Å². The molecule has 6 heteroatoms. The lowest BCUT2D eigenvalue weighted by Gasteiger charge is -2.21. The number of nitrogens with zero attached hydrogens (tertiary/aromatic N) is 2. The number of likely N-dealkylation sites (tertiary alicyclic amines) is 1. The van der Waals surface area contributed by atoms with Gasteiger partial charge in [0, 0.05) is 18.7 Å². The Morgan fingerprint density at radius 2 is 1.81 bits per heavy atom. The molecule has 0 N–H and O–H groups in total. The molecule has 0 spiro atoms. The molecule has 1 aliphatic heterocycles. The second-order valence-electron chi connectivity index (χ2n) is 4.69. The van der Waals surface area contributed by atoms with E-state index >= 15 is 0 Å². The van der Waals surface area contributed by atoms with E-state index in [0.717, 1.165) is 6.42 Å². The maximum atomic E-state index is 12.7. The van der Waals surface area contributed by atoms with E-state index in [1.54, 1.807) is 17.0 Å². The van der Waals surface area contributed by atoms with Crippen LogP contribution in [0.15, 0.2) is 12.1 Å². The van der Waals surface area contributed by atoms with Gasteiger partial charge in [-0.25, -0.2) is 0 Å². The Hall–Kier alpha value is -2.42. The van der Waals surface area contributed by atoms with Crippen LogP contribution in [0.3, 0.4) is 0 Å². The predicted octanol–water partition coefficient (Wildman–Crippen LogP) is 1.84. The largest absolute Gasteiger partial charge is 0.496 e. The van der Waals surface area contributed by atoms with Gasteiger partial charge in [0.2, 0.25) is 0 Å². The van der Waals surface area contributed by atoms with Crippen molar-refractivity contribution in [3.8, 4) is 23.3 Å². The molecule has 2 rings (SSSR count). The second kappa shape index (κ2) is 6.35. The first-order valence-electron chi connectivity index (χ1n) is 6.66. The van der Waals surface area contributed by atoms with Crippen LogP contribution in [-0.4, -0.2) is 44.7 Å². The number of carbonyl (C=O) groups excluding carboxylic acids is 1. The topological polar surface area (TPSA) is 71.8 Å². The summed E-state index contributed by atoms with van der Waals surface area (Å²) in [5, 5.41) is 9.12. The van der Waals surface area contributed by atoms with Gasteiger partial charge in [-0.05, 0) is 12.8 Å². The highest BCUT2D eigenvalue weighted by atomic mass is 16.5. The van der Waals surface area contributed by atoms with Gasteiger partial charge in [0.05, 0.1) is 33.0 Å². The molecular formula is C15H18N2O4. The molecule has 0 saturated carbocycles. The van der Waals surface area contributed by atoms with E-state index in [4.69, 9.17) is 19.5 Å². The normalized spacial score (nSPS) is 17.2. The number of carbonyl (C=O) groups is 1. The highest BCUT2D eigenvalue weighted by molar-refractivity contribution is 5.98. The van der Waals surface area contributed by atoms with Crippen molar-refractivity contribution in [2.24, 2.45) is 0 Å². The van der Waals surface area contributed by atoms with Gasteiger partial charge in [-0.15, -0.1) is 0 Å². The van der Waals surface area contributed by atoms with Crippen LogP contribution in [0.4, 0.5) is 0 Å². The minimum absolute atomic E-state index is 0.225. The van der Waals surface area contributed by atoms with Crippen LogP contribution in [-0.2, 0) is 0 Å². The number of methoxy groups -OCH3 is 3. The molecule has 6 nitrogen and oxygen atoms in total. The van der Waals surface area contributed by atoms with E-state index in [1.807, 2.05) is 0 Å². The van der Waals surface area contributed by atoms with E-state index in [1.165, 1.54) is 21.3 Å². The van der Waals surface area contributed by atoms with Crippen LogP contribution < -0.4 is 14.2 Å². The summed E-state index contributed by atoms with van der Waals surface area (Å²) in [7, 11) is 4.52. The minimum Gasteiger partial charge on any atom is -0.496 e. The molecule has 0 radical (unpaired) electrons. The fourth-order valence-corrected chi connectivity index (χ4v) is 2.50. The fraction of sp³-hybridized carbons (Fsp3) is 0.467. The highest BCUT2D eigenvalue weighted by Crippen LogP contribution is 2.36. The molecule has 0 aromatic heterocycles. The first kappa shape index (κ1) is 15.0. The van der Waals surface area contributed by atoms with Crippen molar-refractivity contribution in [2.75, 3.05) is 27.9 Å². The third-order valence-electron chi connectivity index (χ3n) is 3.60. The zero-order valence-electron chi connectivity index (χ0n) is 12.4. The van der Waals surface area contributed by atoms with E-state index < -0.39 is 0 Å².